The summed E-state index contributed by atoms with van der Waals surface area (Å²) in [6.07, 6.45) is 0.964. The molecule has 2 aromatic carbocycles. The fourth-order valence-corrected chi connectivity index (χ4v) is 3.15. The van der Waals surface area contributed by atoms with Gasteiger partial charge in [-0.15, -0.1) is 10.1 Å². The predicted molar refractivity (Wildman–Crippen MR) is 99.8 cm³/mol. The van der Waals surface area contributed by atoms with Gasteiger partial charge < -0.3 is 14.3 Å². The second-order valence-electron chi connectivity index (χ2n) is 5.72. The molecule has 0 saturated carbocycles. The second-order valence-corrected chi connectivity index (χ2v) is 6.51. The number of ether oxygens (including phenoxy) is 2. The summed E-state index contributed by atoms with van der Waals surface area (Å²) in [4.78, 5) is 26.4. The number of esters is 1. The van der Waals surface area contributed by atoms with Crippen molar-refractivity contribution in [3.05, 3.63) is 50.5 Å². The molecule has 0 N–H and O–H groups in total. The van der Waals surface area contributed by atoms with Gasteiger partial charge in [-0.25, -0.2) is 0 Å². The van der Waals surface area contributed by atoms with E-state index in [1.54, 1.807) is 14.0 Å². The van der Waals surface area contributed by atoms with Gasteiger partial charge in [-0.3, -0.25) is 4.79 Å². The van der Waals surface area contributed by atoms with Crippen molar-refractivity contribution in [3.8, 4) is 5.75 Å². The van der Waals surface area contributed by atoms with Crippen molar-refractivity contribution in [2.24, 2.45) is 0 Å². The molecule has 2 aromatic rings. The summed E-state index contributed by atoms with van der Waals surface area (Å²) >= 11 is 3.53. The fourth-order valence-electron chi connectivity index (χ4n) is 2.49. The third kappa shape index (κ3) is 5.08. The first kappa shape index (κ1) is 20.0. The zero-order valence-corrected chi connectivity index (χ0v) is 16.2. The number of hydrogen-bond donors (Lipinski definition) is 0. The third-order valence-electron chi connectivity index (χ3n) is 4.00. The molecule has 1 atom stereocenters. The lowest BCUT2D eigenvalue weighted by molar-refractivity contribution is -0.757. The van der Waals surface area contributed by atoms with Crippen molar-refractivity contribution in [1.82, 2.24) is 0 Å². The largest absolute Gasteiger partial charge is 0.496 e. The molecule has 0 bridgehead atoms. The van der Waals surface area contributed by atoms with Gasteiger partial charge >= 0.3 is 5.97 Å². The van der Waals surface area contributed by atoms with Crippen LogP contribution in [0, 0.1) is 10.1 Å². The number of halogens is 1. The van der Waals surface area contributed by atoms with Crippen LogP contribution in [0.3, 0.4) is 0 Å². The molecule has 0 saturated heterocycles. The number of fused-ring (bicyclic) bond motifs is 1. The van der Waals surface area contributed by atoms with Crippen molar-refractivity contribution in [2.75, 3.05) is 20.3 Å². The van der Waals surface area contributed by atoms with E-state index in [0.717, 1.165) is 26.6 Å². The highest BCUT2D eigenvalue weighted by Gasteiger charge is 2.17. The third-order valence-corrected chi connectivity index (χ3v) is 4.81. The van der Waals surface area contributed by atoms with Crippen molar-refractivity contribution < 1.29 is 24.2 Å². The summed E-state index contributed by atoms with van der Waals surface area (Å²) in [7, 11) is 1.61. The molecule has 0 spiro atoms. The van der Waals surface area contributed by atoms with Gasteiger partial charge in [0.05, 0.1) is 30.7 Å². The first-order chi connectivity index (χ1) is 12.4. The lowest BCUT2D eigenvalue weighted by atomic mass is 9.98. The van der Waals surface area contributed by atoms with Crippen molar-refractivity contribution in [3.63, 3.8) is 0 Å². The maximum atomic E-state index is 12.2. The Morgan fingerprint density at radius 3 is 2.65 bits per heavy atom. The van der Waals surface area contributed by atoms with Crippen LogP contribution < -0.4 is 4.74 Å². The molecule has 0 aliphatic heterocycles. The van der Waals surface area contributed by atoms with Crippen LogP contribution >= 0.6 is 15.9 Å². The molecule has 8 heteroatoms. The number of benzene rings is 2. The minimum atomic E-state index is -0.832. The minimum Gasteiger partial charge on any atom is -0.496 e. The minimum absolute atomic E-state index is 0.00309. The van der Waals surface area contributed by atoms with Crippen LogP contribution in [0.1, 0.15) is 31.2 Å². The van der Waals surface area contributed by atoms with Crippen LogP contribution in [-0.4, -0.2) is 31.4 Å². The molecule has 0 aliphatic carbocycles. The Balaban J connectivity index is 1.95. The summed E-state index contributed by atoms with van der Waals surface area (Å²) in [5, 5.41) is 11.2. The van der Waals surface area contributed by atoms with E-state index in [1.807, 2.05) is 30.3 Å². The maximum Gasteiger partial charge on any atom is 0.313 e. The van der Waals surface area contributed by atoms with Crippen LogP contribution in [-0.2, 0) is 14.4 Å². The summed E-state index contributed by atoms with van der Waals surface area (Å²) in [5.74, 6) is 0.0150. The van der Waals surface area contributed by atoms with E-state index < -0.39 is 11.0 Å². The molecule has 0 aliphatic rings. The van der Waals surface area contributed by atoms with Crippen molar-refractivity contribution in [1.29, 1.82) is 0 Å². The van der Waals surface area contributed by atoms with E-state index in [4.69, 9.17) is 9.47 Å². The molecule has 140 valence electrons. The molecule has 0 unspecified atom stereocenters. The van der Waals surface area contributed by atoms with Crippen LogP contribution in [0.4, 0.5) is 0 Å². The quantitative estimate of drug-likeness (QED) is 0.258. The Kier molecular flexibility index (Phi) is 7.20. The van der Waals surface area contributed by atoms with E-state index in [1.165, 1.54) is 0 Å². The van der Waals surface area contributed by atoms with Gasteiger partial charge in [-0.05, 0) is 58.1 Å². The zero-order chi connectivity index (χ0) is 19.1. The Labute approximate surface area is 159 Å². The van der Waals surface area contributed by atoms with Gasteiger partial charge in [0.15, 0.2) is 0 Å². The monoisotopic (exact) mass is 425 g/mol. The van der Waals surface area contributed by atoms with Gasteiger partial charge in [0, 0.05) is 0 Å². The molecule has 7 nitrogen and oxygen atoms in total. The van der Waals surface area contributed by atoms with Crippen LogP contribution in [0.5, 0.6) is 5.75 Å². The van der Waals surface area contributed by atoms with Gasteiger partial charge in [0.25, 0.3) is 5.09 Å². The highest BCUT2D eigenvalue weighted by Crippen LogP contribution is 2.34. The Morgan fingerprint density at radius 1 is 1.23 bits per heavy atom. The molecule has 0 radical (unpaired) electrons. The number of methoxy groups -OCH3 is 1. The lowest BCUT2D eigenvalue weighted by Gasteiger charge is -2.14. The Hall–Kier alpha value is -2.35. The molecule has 0 fully saturated rings. The van der Waals surface area contributed by atoms with E-state index in [9.17, 15) is 14.9 Å². The summed E-state index contributed by atoms with van der Waals surface area (Å²) in [6, 6.07) is 9.59. The summed E-state index contributed by atoms with van der Waals surface area (Å²) in [6.45, 7) is 2.00. The van der Waals surface area contributed by atoms with Gasteiger partial charge in [-0.2, -0.15) is 0 Å². The molecular formula is C18H20BrNO6. The molecular weight excluding hydrogens is 406 g/mol. The normalized spacial score (nSPS) is 11.8. The average molecular weight is 426 g/mol. The van der Waals surface area contributed by atoms with E-state index in [0.29, 0.717) is 12.8 Å². The topological polar surface area (TPSA) is 87.9 Å². The van der Waals surface area contributed by atoms with Gasteiger partial charge in [0.1, 0.15) is 5.75 Å². The number of unbranched alkanes of at least 4 members (excludes halogenated alkanes) is 1. The van der Waals surface area contributed by atoms with Crippen molar-refractivity contribution in [2.45, 2.75) is 25.7 Å². The molecule has 0 amide bonds. The number of rotatable bonds is 9. The summed E-state index contributed by atoms with van der Waals surface area (Å²) in [5.41, 5.74) is 0.858. The molecule has 26 heavy (non-hydrogen) atoms. The fraction of sp³-hybridized carbons (Fsp3) is 0.389. The SMILES string of the molecule is COc1ccc2cc([C@H](C)C(=O)OCCCCO[N+](=O)[O-])ccc2c1Br. The second kappa shape index (κ2) is 9.38. The number of carbonyl (C=O) groups excluding carboxylic acids is 1. The van der Waals surface area contributed by atoms with E-state index >= 15 is 0 Å². The van der Waals surface area contributed by atoms with Crippen LogP contribution in [0.2, 0.25) is 0 Å². The number of hydrogen-bond acceptors (Lipinski definition) is 6. The Bertz CT molecular complexity index is 795. The lowest BCUT2D eigenvalue weighted by Crippen LogP contribution is -2.14. The maximum absolute atomic E-state index is 12.2. The van der Waals surface area contributed by atoms with E-state index in [-0.39, 0.29) is 19.2 Å². The number of carbonyl (C=O) groups is 1. The standard InChI is InChI=1S/C18H20BrNO6/c1-12(18(21)25-9-3-4-10-26-20(22)23)13-5-7-15-14(11-13)6-8-16(24-2)17(15)19/h5-8,11-12H,3-4,9-10H2,1-2H3/t12-/m0/s1. The molecule has 0 aromatic heterocycles. The smallest absolute Gasteiger partial charge is 0.313 e. The number of nitrogens with zero attached hydrogens (tertiary/aromatic N) is 1. The van der Waals surface area contributed by atoms with Crippen molar-refractivity contribution >= 4 is 32.7 Å². The average Bonchev–Trinajstić information content (AvgIpc) is 2.63. The first-order valence-electron chi connectivity index (χ1n) is 8.14. The van der Waals surface area contributed by atoms with Gasteiger partial charge in [-0.1, -0.05) is 24.3 Å². The highest BCUT2D eigenvalue weighted by molar-refractivity contribution is 9.10. The predicted octanol–water partition coefficient (Wildman–Crippen LogP) is 4.25. The van der Waals surface area contributed by atoms with Gasteiger partial charge in [0.2, 0.25) is 0 Å². The Morgan fingerprint density at radius 2 is 1.96 bits per heavy atom. The van der Waals surface area contributed by atoms with Crippen LogP contribution in [0.15, 0.2) is 34.8 Å². The summed E-state index contributed by atoms with van der Waals surface area (Å²) < 4.78 is 11.4. The van der Waals surface area contributed by atoms with E-state index in [2.05, 4.69) is 20.8 Å². The van der Waals surface area contributed by atoms with Crippen LogP contribution in [0.25, 0.3) is 10.8 Å². The molecule has 0 heterocycles. The first-order valence-corrected chi connectivity index (χ1v) is 8.93. The molecule has 2 rings (SSSR count). The zero-order valence-electron chi connectivity index (χ0n) is 14.6. The highest BCUT2D eigenvalue weighted by atomic mass is 79.9.